The first kappa shape index (κ1) is 22.3. The first-order valence-electron chi connectivity index (χ1n) is 11.4. The van der Waals surface area contributed by atoms with E-state index in [1.54, 1.807) is 23.0 Å². The number of aromatic nitrogens is 4. The van der Waals surface area contributed by atoms with E-state index in [1.165, 1.54) is 4.52 Å². The Balaban J connectivity index is 1.58. The molecule has 8 heteroatoms. The van der Waals surface area contributed by atoms with Crippen LogP contribution in [0.5, 0.6) is 0 Å². The van der Waals surface area contributed by atoms with Gasteiger partial charge in [-0.15, -0.1) is 5.10 Å². The van der Waals surface area contributed by atoms with Crippen LogP contribution in [-0.2, 0) is 24.3 Å². The zero-order valence-corrected chi connectivity index (χ0v) is 19.6. The van der Waals surface area contributed by atoms with Crippen LogP contribution in [-0.4, -0.2) is 25.1 Å². The largest absolute Gasteiger partial charge is 0.467 e. The number of carbonyl (C=O) groups is 1. The molecule has 0 aliphatic heterocycles. The van der Waals surface area contributed by atoms with Crippen molar-refractivity contribution in [3.05, 3.63) is 111 Å². The molecule has 0 fully saturated rings. The van der Waals surface area contributed by atoms with Gasteiger partial charge in [-0.05, 0) is 31.5 Å². The number of benzene rings is 2. The number of carbonyl (C=O) groups excluding carboxylic acids is 1. The van der Waals surface area contributed by atoms with Gasteiger partial charge in [0.15, 0.2) is 5.82 Å². The Morgan fingerprint density at radius 2 is 1.77 bits per heavy atom. The summed E-state index contributed by atoms with van der Waals surface area (Å²) < 4.78 is 8.36. The third kappa shape index (κ3) is 4.63. The van der Waals surface area contributed by atoms with E-state index >= 15 is 0 Å². The van der Waals surface area contributed by atoms with E-state index in [1.807, 2.05) is 68.4 Å². The van der Waals surface area contributed by atoms with Crippen LogP contribution >= 0.6 is 0 Å². The third-order valence-corrected chi connectivity index (χ3v) is 6.00. The number of hydrogen-bond donors (Lipinski definition) is 1. The van der Waals surface area contributed by atoms with Crippen LogP contribution in [0.15, 0.2) is 82.2 Å². The van der Waals surface area contributed by atoms with E-state index in [9.17, 15) is 9.59 Å². The van der Waals surface area contributed by atoms with Gasteiger partial charge in [0, 0.05) is 23.2 Å². The maximum atomic E-state index is 13.5. The summed E-state index contributed by atoms with van der Waals surface area (Å²) in [5, 5.41) is 7.40. The normalized spacial score (nSPS) is 11.1. The predicted octanol–water partition coefficient (Wildman–Crippen LogP) is 3.68. The van der Waals surface area contributed by atoms with Crippen molar-refractivity contribution in [2.45, 2.75) is 33.4 Å². The summed E-state index contributed by atoms with van der Waals surface area (Å²) in [6.45, 7) is 4.12. The molecule has 2 aromatic carbocycles. The van der Waals surface area contributed by atoms with Crippen molar-refractivity contribution in [2.75, 3.05) is 0 Å². The van der Waals surface area contributed by atoms with E-state index in [4.69, 9.17) is 4.42 Å². The van der Waals surface area contributed by atoms with Crippen LogP contribution < -0.4 is 10.9 Å². The molecule has 5 rings (SSSR count). The Hall–Kier alpha value is -4.46. The summed E-state index contributed by atoms with van der Waals surface area (Å²) in [5.74, 6) is 1.20. The minimum Gasteiger partial charge on any atom is -0.467 e. The van der Waals surface area contributed by atoms with E-state index in [2.05, 4.69) is 15.4 Å². The Morgan fingerprint density at radius 3 is 2.49 bits per heavy atom. The van der Waals surface area contributed by atoms with Gasteiger partial charge in [-0.2, -0.15) is 9.50 Å². The van der Waals surface area contributed by atoms with Gasteiger partial charge in [0.05, 0.1) is 12.8 Å². The monoisotopic (exact) mass is 467 g/mol. The highest BCUT2D eigenvalue weighted by Crippen LogP contribution is 2.19. The minimum atomic E-state index is -0.237. The number of aryl methyl sites for hydroxylation is 1. The molecule has 5 aromatic rings. The summed E-state index contributed by atoms with van der Waals surface area (Å²) >= 11 is 0. The van der Waals surface area contributed by atoms with Crippen molar-refractivity contribution in [1.29, 1.82) is 0 Å². The van der Waals surface area contributed by atoms with Gasteiger partial charge in [-0.1, -0.05) is 60.2 Å². The smallest absolute Gasteiger partial charge is 0.279 e. The Labute approximate surface area is 201 Å². The molecule has 0 spiro atoms. The molecule has 176 valence electrons. The molecule has 3 aromatic heterocycles. The average molecular weight is 468 g/mol. The van der Waals surface area contributed by atoms with Gasteiger partial charge in [0.1, 0.15) is 12.3 Å². The number of hydrogen-bond acceptors (Lipinski definition) is 5. The van der Waals surface area contributed by atoms with Crippen molar-refractivity contribution < 1.29 is 9.21 Å². The van der Waals surface area contributed by atoms with Crippen molar-refractivity contribution in [2.24, 2.45) is 0 Å². The molecule has 0 saturated heterocycles. The van der Waals surface area contributed by atoms with Gasteiger partial charge in [0.2, 0.25) is 11.7 Å². The molecule has 35 heavy (non-hydrogen) atoms. The number of nitrogens with zero attached hydrogens (tertiary/aromatic N) is 4. The van der Waals surface area contributed by atoms with Gasteiger partial charge in [-0.3, -0.25) is 9.59 Å². The lowest BCUT2D eigenvalue weighted by Crippen LogP contribution is -2.32. The van der Waals surface area contributed by atoms with Gasteiger partial charge in [0.25, 0.3) is 5.56 Å². The molecule has 0 radical (unpaired) electrons. The molecule has 0 aliphatic rings. The Kier molecular flexibility index (Phi) is 6.01. The molecule has 0 atom stereocenters. The van der Waals surface area contributed by atoms with Crippen LogP contribution in [0.2, 0.25) is 0 Å². The average Bonchev–Trinajstić information content (AvgIpc) is 3.55. The number of amides is 1. The molecule has 0 unspecified atom stereocenters. The van der Waals surface area contributed by atoms with E-state index < -0.39 is 0 Å². The molecule has 0 aliphatic carbocycles. The van der Waals surface area contributed by atoms with E-state index in [0.717, 1.165) is 16.7 Å². The van der Waals surface area contributed by atoms with Gasteiger partial charge < -0.3 is 14.3 Å². The van der Waals surface area contributed by atoms with Crippen molar-refractivity contribution in [3.8, 4) is 11.4 Å². The second kappa shape index (κ2) is 9.42. The SMILES string of the molecule is Cc1ccc(-c2nc3n(CC(=O)NCc4ccco4)c(C)c(Cc4ccccc4)c(=O)n3n2)cc1. The standard InChI is InChI=1S/C27H25N5O3/c1-18-10-12-21(13-11-18)25-29-27-31(17-24(33)28-16-22-9-6-14-35-22)19(2)23(26(34)32(27)30-25)15-20-7-4-3-5-8-20/h3-14H,15-17H2,1-2H3,(H,28,33). The molecular weight excluding hydrogens is 442 g/mol. The van der Waals surface area contributed by atoms with Crippen LogP contribution in [0.25, 0.3) is 17.2 Å². The fourth-order valence-electron chi connectivity index (χ4n) is 4.03. The van der Waals surface area contributed by atoms with Gasteiger partial charge in [-0.25, -0.2) is 0 Å². The lowest BCUT2D eigenvalue weighted by molar-refractivity contribution is -0.121. The number of nitrogens with one attached hydrogen (secondary N) is 1. The quantitative estimate of drug-likeness (QED) is 0.394. The topological polar surface area (TPSA) is 94.4 Å². The molecule has 1 N–H and O–H groups in total. The second-order valence-corrected chi connectivity index (χ2v) is 8.49. The maximum Gasteiger partial charge on any atom is 0.279 e. The van der Waals surface area contributed by atoms with E-state index in [0.29, 0.717) is 35.0 Å². The number of furan rings is 1. The zero-order chi connectivity index (χ0) is 24.4. The molecule has 3 heterocycles. The van der Waals surface area contributed by atoms with Crippen LogP contribution in [0.4, 0.5) is 0 Å². The maximum absolute atomic E-state index is 13.5. The highest BCUT2D eigenvalue weighted by Gasteiger charge is 2.20. The highest BCUT2D eigenvalue weighted by atomic mass is 16.3. The lowest BCUT2D eigenvalue weighted by atomic mass is 10.0. The summed E-state index contributed by atoms with van der Waals surface area (Å²) in [4.78, 5) is 31.0. The molecule has 1 amide bonds. The number of fused-ring (bicyclic) bond motifs is 1. The molecule has 0 saturated carbocycles. The summed E-state index contributed by atoms with van der Waals surface area (Å²) in [6, 6.07) is 21.1. The first-order chi connectivity index (χ1) is 17.0. The fourth-order valence-corrected chi connectivity index (χ4v) is 4.03. The molecule has 0 bridgehead atoms. The summed E-state index contributed by atoms with van der Waals surface area (Å²) in [5.41, 5.74) is 3.94. The van der Waals surface area contributed by atoms with Crippen LogP contribution in [0.1, 0.15) is 28.1 Å². The van der Waals surface area contributed by atoms with Crippen molar-refractivity contribution in [3.63, 3.8) is 0 Å². The molecule has 8 nitrogen and oxygen atoms in total. The van der Waals surface area contributed by atoms with Crippen molar-refractivity contribution in [1.82, 2.24) is 24.5 Å². The van der Waals surface area contributed by atoms with Crippen molar-refractivity contribution >= 4 is 11.7 Å². The van der Waals surface area contributed by atoms with Crippen LogP contribution in [0, 0.1) is 13.8 Å². The molecular formula is C27H25N5O3. The fraction of sp³-hybridized carbons (Fsp3) is 0.185. The summed E-state index contributed by atoms with van der Waals surface area (Å²) in [7, 11) is 0. The van der Waals surface area contributed by atoms with E-state index in [-0.39, 0.29) is 24.6 Å². The predicted molar refractivity (Wildman–Crippen MR) is 132 cm³/mol. The minimum absolute atomic E-state index is 0.00978. The lowest BCUT2D eigenvalue weighted by Gasteiger charge is -2.15. The van der Waals surface area contributed by atoms with Crippen LogP contribution in [0.3, 0.4) is 0 Å². The highest BCUT2D eigenvalue weighted by molar-refractivity contribution is 5.76. The Morgan fingerprint density at radius 1 is 1.00 bits per heavy atom. The number of rotatable bonds is 7. The van der Waals surface area contributed by atoms with Gasteiger partial charge >= 0.3 is 0 Å². The Bertz CT molecular complexity index is 1530. The first-order valence-corrected chi connectivity index (χ1v) is 11.4. The zero-order valence-electron chi connectivity index (χ0n) is 19.6. The summed E-state index contributed by atoms with van der Waals surface area (Å²) in [6.07, 6.45) is 1.99. The third-order valence-electron chi connectivity index (χ3n) is 6.00. The second-order valence-electron chi connectivity index (χ2n) is 8.49.